The molecule has 5 nitrogen and oxygen atoms in total. The van der Waals surface area contributed by atoms with Crippen LogP contribution in [0.3, 0.4) is 0 Å². The topological polar surface area (TPSA) is 39.5 Å². The van der Waals surface area contributed by atoms with Crippen molar-refractivity contribution in [1.29, 1.82) is 0 Å². The fourth-order valence-electron chi connectivity index (χ4n) is 5.41. The second kappa shape index (κ2) is 13.0. The molecule has 0 aliphatic carbocycles. The van der Waals surface area contributed by atoms with Gasteiger partial charge in [-0.3, -0.25) is 4.90 Å². The molecule has 0 N–H and O–H groups in total. The van der Waals surface area contributed by atoms with Gasteiger partial charge in [-0.2, -0.15) is 0 Å². The van der Waals surface area contributed by atoms with Crippen LogP contribution in [0.1, 0.15) is 63.8 Å². The smallest absolute Gasteiger partial charge is 0.161 e. The Bertz CT molecular complexity index is 1330. The minimum atomic E-state index is 0.168. The Balaban J connectivity index is 1.59. The molecule has 1 aliphatic rings. The molecule has 204 valence electrons. The van der Waals surface area contributed by atoms with Crippen molar-refractivity contribution in [3.63, 3.8) is 0 Å². The van der Waals surface area contributed by atoms with E-state index in [9.17, 15) is 0 Å². The molecule has 0 amide bonds. The summed E-state index contributed by atoms with van der Waals surface area (Å²) in [5, 5.41) is 0. The largest absolute Gasteiger partial charge is 0.486 e. The average molecular weight is 524 g/mol. The molecule has 39 heavy (non-hydrogen) atoms. The van der Waals surface area contributed by atoms with Crippen LogP contribution < -0.4 is 9.47 Å². The zero-order chi connectivity index (χ0) is 27.0. The molecule has 5 heteroatoms. The van der Waals surface area contributed by atoms with Crippen LogP contribution >= 0.6 is 0 Å². The number of aromatic nitrogens is 2. The lowest BCUT2D eigenvalue weighted by atomic mass is 10.0. The van der Waals surface area contributed by atoms with E-state index in [4.69, 9.17) is 14.5 Å². The van der Waals surface area contributed by atoms with Crippen molar-refractivity contribution in [2.45, 2.75) is 65.6 Å². The van der Waals surface area contributed by atoms with Crippen molar-refractivity contribution in [1.82, 2.24) is 14.5 Å². The molecule has 3 aromatic carbocycles. The van der Waals surface area contributed by atoms with E-state index >= 15 is 0 Å². The van der Waals surface area contributed by atoms with Gasteiger partial charge in [0, 0.05) is 30.3 Å². The fourth-order valence-corrected chi connectivity index (χ4v) is 5.41. The Hall–Kier alpha value is -3.57. The second-order valence-corrected chi connectivity index (χ2v) is 10.4. The standard InChI is InChI=1S/C34H41N3O2/c1-4-6-20-36(25-27-18-19-30-31(24-27)39-23-22-38-30)26(3)33-32(28-14-10-8-11-15-28)35-34(37(33)21-7-5-2)29-16-12-9-13-17-29/h8-19,24,26H,4-7,20-23,25H2,1-3H3/t26-/m0/s1. The maximum atomic E-state index is 5.91. The summed E-state index contributed by atoms with van der Waals surface area (Å²) < 4.78 is 14.2. The minimum absolute atomic E-state index is 0.168. The van der Waals surface area contributed by atoms with E-state index in [1.807, 2.05) is 0 Å². The van der Waals surface area contributed by atoms with Crippen LogP contribution in [0.4, 0.5) is 0 Å². The lowest BCUT2D eigenvalue weighted by Crippen LogP contribution is -2.30. The van der Waals surface area contributed by atoms with Crippen molar-refractivity contribution in [2.24, 2.45) is 0 Å². The van der Waals surface area contributed by atoms with Gasteiger partial charge in [-0.05, 0) is 44.0 Å². The van der Waals surface area contributed by atoms with Crippen LogP contribution in [0.15, 0.2) is 78.9 Å². The summed E-state index contributed by atoms with van der Waals surface area (Å²) in [6.07, 6.45) is 4.55. The van der Waals surface area contributed by atoms with Gasteiger partial charge in [-0.15, -0.1) is 0 Å². The van der Waals surface area contributed by atoms with E-state index < -0.39 is 0 Å². The lowest BCUT2D eigenvalue weighted by molar-refractivity contribution is 0.169. The van der Waals surface area contributed by atoms with E-state index in [-0.39, 0.29) is 6.04 Å². The molecule has 4 aromatic rings. The third-order valence-electron chi connectivity index (χ3n) is 7.56. The van der Waals surface area contributed by atoms with Crippen LogP contribution in [-0.2, 0) is 13.1 Å². The molecule has 0 bridgehead atoms. The van der Waals surface area contributed by atoms with Crippen LogP contribution in [-0.4, -0.2) is 34.2 Å². The van der Waals surface area contributed by atoms with Crippen molar-refractivity contribution < 1.29 is 9.47 Å². The van der Waals surface area contributed by atoms with Crippen LogP contribution in [0.25, 0.3) is 22.6 Å². The average Bonchev–Trinajstić information content (AvgIpc) is 3.38. The molecule has 1 aromatic heterocycles. The fraction of sp³-hybridized carbons (Fsp3) is 0.382. The molecule has 0 fully saturated rings. The number of imidazole rings is 1. The summed E-state index contributed by atoms with van der Waals surface area (Å²) in [6.45, 7) is 10.9. The van der Waals surface area contributed by atoms with Crippen LogP contribution in [0.2, 0.25) is 0 Å². The van der Waals surface area contributed by atoms with Crippen molar-refractivity contribution >= 4 is 0 Å². The Morgan fingerprint density at radius 3 is 2.18 bits per heavy atom. The van der Waals surface area contributed by atoms with E-state index in [1.54, 1.807) is 0 Å². The third-order valence-corrected chi connectivity index (χ3v) is 7.56. The van der Waals surface area contributed by atoms with Gasteiger partial charge >= 0.3 is 0 Å². The van der Waals surface area contributed by atoms with Gasteiger partial charge in [0.15, 0.2) is 11.5 Å². The predicted octanol–water partition coefficient (Wildman–Crippen LogP) is 8.15. The van der Waals surface area contributed by atoms with Crippen molar-refractivity contribution in [3.8, 4) is 34.1 Å². The van der Waals surface area contributed by atoms with E-state index in [0.29, 0.717) is 13.2 Å². The van der Waals surface area contributed by atoms with Gasteiger partial charge < -0.3 is 14.0 Å². The summed E-state index contributed by atoms with van der Waals surface area (Å²) in [4.78, 5) is 7.96. The first-order valence-corrected chi connectivity index (χ1v) is 14.5. The molecule has 1 atom stereocenters. The SMILES string of the molecule is CCCCN(Cc1ccc2c(c1)OCCO2)[C@@H](C)c1c(-c2ccccc2)nc(-c2ccccc2)n1CCCC. The molecule has 0 radical (unpaired) electrons. The number of fused-ring (bicyclic) bond motifs is 1. The highest BCUT2D eigenvalue weighted by Crippen LogP contribution is 2.37. The highest BCUT2D eigenvalue weighted by atomic mass is 16.6. The second-order valence-electron chi connectivity index (χ2n) is 10.4. The Kier molecular flexibility index (Phi) is 9.00. The van der Waals surface area contributed by atoms with Gasteiger partial charge in [-0.1, -0.05) is 93.4 Å². The molecule has 0 spiro atoms. The maximum absolute atomic E-state index is 5.91. The number of nitrogens with zero attached hydrogens (tertiary/aromatic N) is 3. The van der Waals surface area contributed by atoms with Gasteiger partial charge in [0.05, 0.1) is 11.4 Å². The number of ether oxygens (including phenoxy) is 2. The zero-order valence-corrected chi connectivity index (χ0v) is 23.6. The number of unbranched alkanes of at least 4 members (excludes halogenated alkanes) is 2. The molecule has 0 unspecified atom stereocenters. The summed E-state index contributed by atoms with van der Waals surface area (Å²) in [5.41, 5.74) is 5.95. The highest BCUT2D eigenvalue weighted by molar-refractivity contribution is 5.69. The maximum Gasteiger partial charge on any atom is 0.161 e. The molecular weight excluding hydrogens is 482 g/mol. The first-order valence-electron chi connectivity index (χ1n) is 14.5. The van der Waals surface area contributed by atoms with E-state index in [0.717, 1.165) is 73.9 Å². The highest BCUT2D eigenvalue weighted by Gasteiger charge is 2.27. The normalized spacial score (nSPS) is 13.5. The lowest BCUT2D eigenvalue weighted by Gasteiger charge is -2.31. The first-order chi connectivity index (χ1) is 19.2. The number of hydrogen-bond acceptors (Lipinski definition) is 4. The van der Waals surface area contributed by atoms with Gasteiger partial charge in [0.25, 0.3) is 0 Å². The molecule has 1 aliphatic heterocycles. The molecule has 0 saturated heterocycles. The summed E-state index contributed by atoms with van der Waals surface area (Å²) in [5.74, 6) is 2.75. The Morgan fingerprint density at radius 1 is 0.821 bits per heavy atom. The Morgan fingerprint density at radius 2 is 1.49 bits per heavy atom. The van der Waals surface area contributed by atoms with Crippen LogP contribution in [0, 0.1) is 0 Å². The minimum Gasteiger partial charge on any atom is -0.486 e. The van der Waals surface area contributed by atoms with Gasteiger partial charge in [0.2, 0.25) is 0 Å². The quantitative estimate of drug-likeness (QED) is 0.188. The number of benzene rings is 3. The van der Waals surface area contributed by atoms with E-state index in [1.165, 1.54) is 16.8 Å². The van der Waals surface area contributed by atoms with Crippen molar-refractivity contribution in [2.75, 3.05) is 19.8 Å². The molecule has 5 rings (SSSR count). The predicted molar refractivity (Wildman–Crippen MR) is 159 cm³/mol. The monoisotopic (exact) mass is 523 g/mol. The van der Waals surface area contributed by atoms with E-state index in [2.05, 4.69) is 109 Å². The summed E-state index contributed by atoms with van der Waals surface area (Å²) in [7, 11) is 0. The Labute approximate surface area is 233 Å². The third kappa shape index (κ3) is 6.20. The van der Waals surface area contributed by atoms with Crippen LogP contribution in [0.5, 0.6) is 11.5 Å². The first kappa shape index (κ1) is 27.0. The van der Waals surface area contributed by atoms with Gasteiger partial charge in [0.1, 0.15) is 19.0 Å². The summed E-state index contributed by atoms with van der Waals surface area (Å²) in [6, 6.07) is 27.9. The number of rotatable bonds is 12. The number of hydrogen-bond donors (Lipinski definition) is 0. The van der Waals surface area contributed by atoms with Gasteiger partial charge in [-0.25, -0.2) is 4.98 Å². The molecular formula is C34H41N3O2. The zero-order valence-electron chi connectivity index (χ0n) is 23.6. The molecule has 2 heterocycles. The summed E-state index contributed by atoms with van der Waals surface area (Å²) >= 11 is 0. The van der Waals surface area contributed by atoms with Crippen molar-refractivity contribution in [3.05, 3.63) is 90.1 Å². The molecule has 0 saturated carbocycles.